The van der Waals surface area contributed by atoms with Crippen LogP contribution in [0.4, 0.5) is 11.4 Å². The van der Waals surface area contributed by atoms with Crippen LogP contribution in [0.5, 0.6) is 0 Å². The molecule has 0 saturated heterocycles. The third-order valence-corrected chi connectivity index (χ3v) is 4.03. The second-order valence-electron chi connectivity index (χ2n) is 7.47. The van der Waals surface area contributed by atoms with Gasteiger partial charge in [-0.05, 0) is 49.1 Å². The van der Waals surface area contributed by atoms with Crippen molar-refractivity contribution < 1.29 is 0 Å². The molecule has 0 fully saturated rings. The Balaban J connectivity index is 0.000000254. The average Bonchev–Trinajstić information content (AvgIpc) is 2.66. The van der Waals surface area contributed by atoms with Crippen molar-refractivity contribution in [3.05, 3.63) is 95.6 Å². The summed E-state index contributed by atoms with van der Waals surface area (Å²) in [6.07, 6.45) is 0. The van der Waals surface area contributed by atoms with E-state index in [1.54, 1.807) is 0 Å². The molecular formula is C26H35N. The number of anilines is 2. The topological polar surface area (TPSA) is 12.0 Å². The molecule has 3 aromatic rings. The van der Waals surface area contributed by atoms with Gasteiger partial charge in [-0.15, -0.1) is 0 Å². The molecule has 1 N–H and O–H groups in total. The monoisotopic (exact) mass is 361 g/mol. The molecule has 0 bridgehead atoms. The number of hydrogen-bond acceptors (Lipinski definition) is 1. The Morgan fingerprint density at radius 3 is 1.41 bits per heavy atom. The van der Waals surface area contributed by atoms with Gasteiger partial charge < -0.3 is 5.32 Å². The maximum atomic E-state index is 3.33. The van der Waals surface area contributed by atoms with Crippen molar-refractivity contribution in [2.24, 2.45) is 0 Å². The highest BCUT2D eigenvalue weighted by Crippen LogP contribution is 2.21. The lowest BCUT2D eigenvalue weighted by molar-refractivity contribution is 0.590. The van der Waals surface area contributed by atoms with Crippen molar-refractivity contribution in [2.45, 2.75) is 53.9 Å². The van der Waals surface area contributed by atoms with Crippen molar-refractivity contribution in [3.63, 3.8) is 0 Å². The van der Waals surface area contributed by atoms with E-state index in [2.05, 4.69) is 101 Å². The molecule has 0 radical (unpaired) electrons. The molecule has 0 amide bonds. The quantitative estimate of drug-likeness (QED) is 0.486. The predicted octanol–water partition coefficient (Wildman–Crippen LogP) is 8.06. The highest BCUT2D eigenvalue weighted by Gasteiger charge is 2.11. The third kappa shape index (κ3) is 8.59. The van der Waals surface area contributed by atoms with Gasteiger partial charge in [0.1, 0.15) is 0 Å². The fourth-order valence-electron chi connectivity index (χ4n) is 2.38. The van der Waals surface area contributed by atoms with E-state index in [9.17, 15) is 0 Å². The fraction of sp³-hybridized carbons (Fsp3) is 0.308. The van der Waals surface area contributed by atoms with E-state index < -0.39 is 0 Å². The van der Waals surface area contributed by atoms with Gasteiger partial charge in [-0.3, -0.25) is 0 Å². The number of nitrogens with one attached hydrogen (secondary N) is 1. The lowest BCUT2D eigenvalue weighted by Gasteiger charge is -2.18. The molecule has 0 saturated carbocycles. The molecular weight excluding hydrogens is 326 g/mol. The van der Waals surface area contributed by atoms with Crippen molar-refractivity contribution in [1.29, 1.82) is 0 Å². The van der Waals surface area contributed by atoms with Gasteiger partial charge in [-0.25, -0.2) is 0 Å². The van der Waals surface area contributed by atoms with Gasteiger partial charge in [0.15, 0.2) is 0 Å². The largest absolute Gasteiger partial charge is 0.356 e. The van der Waals surface area contributed by atoms with E-state index in [4.69, 9.17) is 0 Å². The van der Waals surface area contributed by atoms with E-state index in [1.165, 1.54) is 16.7 Å². The van der Waals surface area contributed by atoms with Crippen molar-refractivity contribution >= 4 is 11.4 Å². The van der Waals surface area contributed by atoms with Crippen molar-refractivity contribution in [2.75, 3.05) is 5.32 Å². The maximum Gasteiger partial charge on any atom is 0.0384 e. The minimum atomic E-state index is 0.285. The summed E-state index contributed by atoms with van der Waals surface area (Å²) < 4.78 is 0. The first-order valence-corrected chi connectivity index (χ1v) is 9.80. The zero-order valence-electron chi connectivity index (χ0n) is 18.0. The minimum Gasteiger partial charge on any atom is -0.356 e. The summed E-state index contributed by atoms with van der Waals surface area (Å²) >= 11 is 0. The summed E-state index contributed by atoms with van der Waals surface area (Å²) in [4.78, 5) is 0. The third-order valence-electron chi connectivity index (χ3n) is 4.03. The summed E-state index contributed by atoms with van der Waals surface area (Å²) in [5.41, 5.74) is 6.55. The van der Waals surface area contributed by atoms with Crippen LogP contribution in [0.2, 0.25) is 0 Å². The standard InChI is InChI=1S/C13H13N.C11H16.C2H6/c1-11-7-9-13(10-8-11)14-12-5-3-2-4-6-12;1-9-5-7-10(8-6-9)11(2,3)4;1-2/h2-10,14H,1H3;5-8H,1-4H3;1-2H3. The van der Waals surface area contributed by atoms with Crippen molar-refractivity contribution in [1.82, 2.24) is 0 Å². The van der Waals surface area contributed by atoms with Crippen LogP contribution >= 0.6 is 0 Å². The van der Waals surface area contributed by atoms with Crippen LogP contribution in [0, 0.1) is 13.8 Å². The molecule has 0 aromatic heterocycles. The second kappa shape index (κ2) is 11.2. The molecule has 0 aliphatic rings. The van der Waals surface area contributed by atoms with Gasteiger partial charge in [0.05, 0.1) is 0 Å². The molecule has 0 unspecified atom stereocenters. The van der Waals surface area contributed by atoms with E-state index in [0.29, 0.717) is 0 Å². The highest BCUT2D eigenvalue weighted by atomic mass is 14.9. The van der Waals surface area contributed by atoms with Crippen LogP contribution in [-0.4, -0.2) is 0 Å². The van der Waals surface area contributed by atoms with Gasteiger partial charge >= 0.3 is 0 Å². The molecule has 144 valence electrons. The first-order chi connectivity index (χ1) is 12.8. The van der Waals surface area contributed by atoms with E-state index in [-0.39, 0.29) is 5.41 Å². The number of benzene rings is 3. The van der Waals surface area contributed by atoms with Crippen LogP contribution in [0.15, 0.2) is 78.9 Å². The zero-order chi connectivity index (χ0) is 20.3. The van der Waals surface area contributed by atoms with Gasteiger partial charge in [0.25, 0.3) is 0 Å². The van der Waals surface area contributed by atoms with Gasteiger partial charge in [-0.2, -0.15) is 0 Å². The molecule has 0 aliphatic carbocycles. The summed E-state index contributed by atoms with van der Waals surface area (Å²) in [5.74, 6) is 0. The number of hydrogen-bond donors (Lipinski definition) is 1. The average molecular weight is 362 g/mol. The first-order valence-electron chi connectivity index (χ1n) is 9.80. The molecule has 27 heavy (non-hydrogen) atoms. The number of para-hydroxylation sites is 1. The Morgan fingerprint density at radius 2 is 0.963 bits per heavy atom. The van der Waals surface area contributed by atoms with Gasteiger partial charge in [-0.1, -0.05) is 100 Å². The smallest absolute Gasteiger partial charge is 0.0384 e. The van der Waals surface area contributed by atoms with E-state index >= 15 is 0 Å². The van der Waals surface area contributed by atoms with Gasteiger partial charge in [0, 0.05) is 11.4 Å². The normalized spacial score (nSPS) is 10.0. The highest BCUT2D eigenvalue weighted by molar-refractivity contribution is 5.59. The maximum absolute atomic E-state index is 3.33. The lowest BCUT2D eigenvalue weighted by Crippen LogP contribution is -2.10. The Hall–Kier alpha value is -2.54. The SMILES string of the molecule is CC.Cc1ccc(C(C)(C)C)cc1.Cc1ccc(Nc2ccccc2)cc1. The van der Waals surface area contributed by atoms with Crippen LogP contribution in [0.3, 0.4) is 0 Å². The van der Waals surface area contributed by atoms with E-state index in [1.807, 2.05) is 32.0 Å². The van der Waals surface area contributed by atoms with Crippen molar-refractivity contribution in [3.8, 4) is 0 Å². The van der Waals surface area contributed by atoms with Crippen LogP contribution < -0.4 is 5.32 Å². The first kappa shape index (κ1) is 22.5. The van der Waals surface area contributed by atoms with E-state index in [0.717, 1.165) is 11.4 Å². The Bertz CT molecular complexity index is 748. The molecule has 3 rings (SSSR count). The zero-order valence-corrected chi connectivity index (χ0v) is 18.0. The summed E-state index contributed by atoms with van der Waals surface area (Å²) in [5, 5.41) is 3.33. The molecule has 0 spiro atoms. The Labute approximate surface area is 166 Å². The van der Waals surface area contributed by atoms with Crippen LogP contribution in [0.25, 0.3) is 0 Å². The molecule has 3 aromatic carbocycles. The molecule has 0 aliphatic heterocycles. The van der Waals surface area contributed by atoms with Crippen LogP contribution in [0.1, 0.15) is 51.3 Å². The Morgan fingerprint density at radius 1 is 0.556 bits per heavy atom. The molecule has 1 nitrogen and oxygen atoms in total. The summed E-state index contributed by atoms with van der Waals surface area (Å²) in [7, 11) is 0. The van der Waals surface area contributed by atoms with Gasteiger partial charge in [0.2, 0.25) is 0 Å². The summed E-state index contributed by atoms with van der Waals surface area (Å²) in [6, 6.07) is 27.3. The molecule has 1 heteroatoms. The number of rotatable bonds is 2. The molecule has 0 atom stereocenters. The fourth-order valence-corrected chi connectivity index (χ4v) is 2.38. The minimum absolute atomic E-state index is 0.285. The second-order valence-corrected chi connectivity index (χ2v) is 7.47. The predicted molar refractivity (Wildman–Crippen MR) is 122 cm³/mol. The van der Waals surface area contributed by atoms with Crippen LogP contribution in [-0.2, 0) is 5.41 Å². The molecule has 0 heterocycles. The Kier molecular flexibility index (Phi) is 9.36. The number of aryl methyl sites for hydroxylation is 2. The lowest BCUT2D eigenvalue weighted by atomic mass is 9.87. The summed E-state index contributed by atoms with van der Waals surface area (Å²) in [6.45, 7) is 14.9.